The van der Waals surface area contributed by atoms with E-state index in [9.17, 15) is 0 Å². The van der Waals surface area contributed by atoms with Gasteiger partial charge in [0.25, 0.3) is 0 Å². The molecule has 16 heavy (non-hydrogen) atoms. The highest BCUT2D eigenvalue weighted by Crippen LogP contribution is 2.14. The van der Waals surface area contributed by atoms with Crippen molar-refractivity contribution < 1.29 is 8.94 Å². The summed E-state index contributed by atoms with van der Waals surface area (Å²) in [5.74, 6) is 1.85. The first-order chi connectivity index (χ1) is 7.66. The molecule has 0 fully saturated rings. The topological polar surface area (TPSA) is 64.1 Å². The van der Waals surface area contributed by atoms with Crippen LogP contribution < -0.4 is 5.32 Å². The largest absolute Gasteiger partial charge is 0.467 e. The van der Waals surface area contributed by atoms with Gasteiger partial charge in [-0.15, -0.1) is 0 Å². The monoisotopic (exact) mass is 221 g/mol. The van der Waals surface area contributed by atoms with E-state index in [4.69, 9.17) is 8.94 Å². The molecule has 0 aromatic carbocycles. The predicted octanol–water partition coefficient (Wildman–Crippen LogP) is 2.71. The maximum Gasteiger partial charge on any atom is 0.321 e. The molecule has 2 aromatic rings. The van der Waals surface area contributed by atoms with E-state index >= 15 is 0 Å². The first-order valence-corrected chi connectivity index (χ1v) is 5.27. The summed E-state index contributed by atoms with van der Waals surface area (Å²) in [5.41, 5.74) is 1.11. The van der Waals surface area contributed by atoms with E-state index in [1.54, 1.807) is 6.26 Å². The average Bonchev–Trinajstić information content (AvgIpc) is 2.83. The molecule has 0 atom stereocenters. The zero-order valence-electron chi connectivity index (χ0n) is 9.65. The minimum absolute atomic E-state index is 0.268. The van der Waals surface area contributed by atoms with E-state index in [0.717, 1.165) is 11.3 Å². The van der Waals surface area contributed by atoms with Crippen LogP contribution in [-0.4, -0.2) is 10.1 Å². The van der Waals surface area contributed by atoms with Gasteiger partial charge in [-0.1, -0.05) is 19.0 Å². The molecular weight excluding hydrogens is 206 g/mol. The summed E-state index contributed by atoms with van der Waals surface area (Å²) in [6, 6.07) is 2.35. The molecule has 0 spiro atoms. The van der Waals surface area contributed by atoms with Crippen LogP contribution in [0.3, 0.4) is 0 Å². The standard InChI is InChI=1S/C11H15N3O2/c1-7(2)10-13-11(16-14-10)12-6-9-8(3)4-5-15-9/h4-5,7H,6H2,1-3H3,(H,12,13,14). The van der Waals surface area contributed by atoms with Crippen LogP contribution in [0.2, 0.25) is 0 Å². The quantitative estimate of drug-likeness (QED) is 0.859. The lowest BCUT2D eigenvalue weighted by Gasteiger charge is -1.98. The molecule has 0 saturated carbocycles. The molecule has 2 rings (SSSR count). The van der Waals surface area contributed by atoms with Crippen LogP contribution in [0.25, 0.3) is 0 Å². The second-order valence-electron chi connectivity index (χ2n) is 3.99. The summed E-state index contributed by atoms with van der Waals surface area (Å²) in [5, 5.41) is 6.89. The Morgan fingerprint density at radius 3 is 2.81 bits per heavy atom. The number of hydrogen-bond donors (Lipinski definition) is 1. The van der Waals surface area contributed by atoms with Gasteiger partial charge < -0.3 is 14.3 Å². The third-order valence-corrected chi connectivity index (χ3v) is 2.33. The fourth-order valence-corrected chi connectivity index (χ4v) is 1.28. The van der Waals surface area contributed by atoms with E-state index in [-0.39, 0.29) is 5.92 Å². The molecule has 0 amide bonds. The second-order valence-corrected chi connectivity index (χ2v) is 3.99. The van der Waals surface area contributed by atoms with Crippen LogP contribution in [0.1, 0.15) is 36.9 Å². The van der Waals surface area contributed by atoms with Crippen molar-refractivity contribution in [3.63, 3.8) is 0 Å². The van der Waals surface area contributed by atoms with Crippen molar-refractivity contribution in [2.24, 2.45) is 0 Å². The van der Waals surface area contributed by atoms with E-state index in [1.807, 2.05) is 26.8 Å². The first kappa shape index (κ1) is 10.7. The van der Waals surface area contributed by atoms with Crippen molar-refractivity contribution in [1.82, 2.24) is 10.1 Å². The van der Waals surface area contributed by atoms with Gasteiger partial charge in [-0.2, -0.15) is 4.98 Å². The second kappa shape index (κ2) is 4.38. The number of furan rings is 1. The summed E-state index contributed by atoms with van der Waals surface area (Å²) in [6.45, 7) is 6.59. The molecule has 5 heteroatoms. The van der Waals surface area contributed by atoms with Gasteiger partial charge in [-0.25, -0.2) is 0 Å². The van der Waals surface area contributed by atoms with E-state index in [0.29, 0.717) is 18.4 Å². The average molecular weight is 221 g/mol. The molecule has 0 unspecified atom stereocenters. The first-order valence-electron chi connectivity index (χ1n) is 5.27. The number of rotatable bonds is 4. The molecule has 0 aliphatic heterocycles. The Balaban J connectivity index is 1.97. The van der Waals surface area contributed by atoms with Crippen molar-refractivity contribution in [3.8, 4) is 0 Å². The molecule has 86 valence electrons. The molecule has 1 N–H and O–H groups in total. The maximum absolute atomic E-state index is 5.29. The van der Waals surface area contributed by atoms with Crippen LogP contribution >= 0.6 is 0 Å². The van der Waals surface area contributed by atoms with Crippen molar-refractivity contribution >= 4 is 6.01 Å². The van der Waals surface area contributed by atoms with Crippen molar-refractivity contribution in [3.05, 3.63) is 29.5 Å². The fourth-order valence-electron chi connectivity index (χ4n) is 1.28. The Kier molecular flexibility index (Phi) is 2.94. The zero-order valence-corrected chi connectivity index (χ0v) is 9.65. The summed E-state index contributed by atoms with van der Waals surface area (Å²) >= 11 is 0. The van der Waals surface area contributed by atoms with E-state index in [2.05, 4.69) is 15.5 Å². The molecule has 0 aliphatic rings. The van der Waals surface area contributed by atoms with Crippen LogP contribution in [0.4, 0.5) is 6.01 Å². The summed E-state index contributed by atoms with van der Waals surface area (Å²) in [7, 11) is 0. The minimum Gasteiger partial charge on any atom is -0.467 e. The van der Waals surface area contributed by atoms with Crippen LogP contribution in [-0.2, 0) is 6.54 Å². The van der Waals surface area contributed by atoms with E-state index in [1.165, 1.54) is 0 Å². The van der Waals surface area contributed by atoms with Gasteiger partial charge in [0.15, 0.2) is 5.82 Å². The molecule has 2 heterocycles. The van der Waals surface area contributed by atoms with Crippen molar-refractivity contribution in [2.75, 3.05) is 5.32 Å². The van der Waals surface area contributed by atoms with Crippen molar-refractivity contribution in [1.29, 1.82) is 0 Å². The SMILES string of the molecule is Cc1ccoc1CNc1nc(C(C)C)no1. The summed E-state index contributed by atoms with van der Waals surface area (Å²) < 4.78 is 10.3. The smallest absolute Gasteiger partial charge is 0.321 e. The highest BCUT2D eigenvalue weighted by molar-refractivity contribution is 5.23. The molecule has 0 saturated heterocycles. The number of nitrogens with zero attached hydrogens (tertiary/aromatic N) is 2. The number of aromatic nitrogens is 2. The van der Waals surface area contributed by atoms with Gasteiger partial charge in [-0.3, -0.25) is 0 Å². The predicted molar refractivity (Wildman–Crippen MR) is 59.2 cm³/mol. The number of anilines is 1. The lowest BCUT2D eigenvalue weighted by atomic mass is 10.2. The molecule has 0 aliphatic carbocycles. The Hall–Kier alpha value is -1.78. The third-order valence-electron chi connectivity index (χ3n) is 2.33. The summed E-state index contributed by atoms with van der Waals surface area (Å²) in [4.78, 5) is 4.21. The van der Waals surface area contributed by atoms with Crippen molar-refractivity contribution in [2.45, 2.75) is 33.2 Å². The third kappa shape index (κ3) is 2.24. The van der Waals surface area contributed by atoms with Gasteiger partial charge >= 0.3 is 6.01 Å². The van der Waals surface area contributed by atoms with Gasteiger partial charge in [0.05, 0.1) is 12.8 Å². The molecular formula is C11H15N3O2. The highest BCUT2D eigenvalue weighted by atomic mass is 16.5. The highest BCUT2D eigenvalue weighted by Gasteiger charge is 2.10. The zero-order chi connectivity index (χ0) is 11.5. The Morgan fingerprint density at radius 2 is 2.25 bits per heavy atom. The van der Waals surface area contributed by atoms with Gasteiger partial charge in [0, 0.05) is 5.92 Å². The minimum atomic E-state index is 0.268. The lowest BCUT2D eigenvalue weighted by molar-refractivity contribution is 0.416. The fraction of sp³-hybridized carbons (Fsp3) is 0.455. The molecule has 0 bridgehead atoms. The van der Waals surface area contributed by atoms with Crippen LogP contribution in [0.15, 0.2) is 21.3 Å². The molecule has 2 aromatic heterocycles. The number of nitrogens with one attached hydrogen (secondary N) is 1. The number of aryl methyl sites for hydroxylation is 1. The number of hydrogen-bond acceptors (Lipinski definition) is 5. The van der Waals surface area contributed by atoms with Gasteiger partial charge in [0.1, 0.15) is 5.76 Å². The Bertz CT molecular complexity index is 459. The normalized spacial score (nSPS) is 11.0. The molecule has 5 nitrogen and oxygen atoms in total. The molecule has 0 radical (unpaired) electrons. The maximum atomic E-state index is 5.29. The van der Waals surface area contributed by atoms with Gasteiger partial charge in [0.2, 0.25) is 0 Å². The lowest BCUT2D eigenvalue weighted by Crippen LogP contribution is -2.00. The van der Waals surface area contributed by atoms with E-state index < -0.39 is 0 Å². The van der Waals surface area contributed by atoms with Crippen LogP contribution in [0, 0.1) is 6.92 Å². The Labute approximate surface area is 93.8 Å². The van der Waals surface area contributed by atoms with Gasteiger partial charge in [-0.05, 0) is 18.6 Å². The Morgan fingerprint density at radius 1 is 1.44 bits per heavy atom. The summed E-state index contributed by atoms with van der Waals surface area (Å²) in [6.07, 6.45) is 1.67. The van der Waals surface area contributed by atoms with Crippen LogP contribution in [0.5, 0.6) is 0 Å².